The molecule has 0 unspecified atom stereocenters. The minimum atomic E-state index is -2.97. The molecule has 0 saturated heterocycles. The molecule has 0 fully saturated rings. The average molecular weight is 204 g/mol. The van der Waals surface area contributed by atoms with Gasteiger partial charge in [-0.2, -0.15) is 0 Å². The normalized spacial score (nSPS) is 14.4. The summed E-state index contributed by atoms with van der Waals surface area (Å²) in [6.07, 6.45) is 2.91. The zero-order valence-corrected chi connectivity index (χ0v) is 8.47. The monoisotopic (exact) mass is 204 g/mol. The van der Waals surface area contributed by atoms with Crippen molar-refractivity contribution in [3.63, 3.8) is 0 Å². The number of rotatable bonds is 4. The van der Waals surface area contributed by atoms with Gasteiger partial charge < -0.3 is 5.11 Å². The van der Waals surface area contributed by atoms with Gasteiger partial charge in [0.1, 0.15) is 0 Å². The highest BCUT2D eigenvalue weighted by molar-refractivity contribution is 5.90. The van der Waals surface area contributed by atoms with Crippen LogP contribution in [0.15, 0.2) is 23.3 Å². The van der Waals surface area contributed by atoms with E-state index < -0.39 is 11.9 Å². The third-order valence-electron chi connectivity index (χ3n) is 1.74. The predicted molar refractivity (Wildman–Crippen MR) is 50.4 cm³/mol. The van der Waals surface area contributed by atoms with Crippen LogP contribution in [0.2, 0.25) is 0 Å². The Morgan fingerprint density at radius 2 is 2.00 bits per heavy atom. The first kappa shape index (κ1) is 12.8. The van der Waals surface area contributed by atoms with E-state index >= 15 is 0 Å². The van der Waals surface area contributed by atoms with E-state index in [2.05, 4.69) is 0 Å². The maximum Gasteiger partial charge on any atom is 0.335 e. The second-order valence-electron chi connectivity index (χ2n) is 3.09. The van der Waals surface area contributed by atoms with Crippen LogP contribution in [-0.2, 0) is 4.79 Å². The Labute approximate surface area is 81.9 Å². The standard InChI is InChI=1S/C10H14F2O2/c1-4-5-8(9(13)14)6-7(2)10(3,11)12/h5-6H,4H2,1-3H3,(H,13,14)/b7-6+,8-5+. The zero-order chi connectivity index (χ0) is 11.4. The first-order chi connectivity index (χ1) is 6.29. The van der Waals surface area contributed by atoms with Gasteiger partial charge in [0.25, 0.3) is 5.92 Å². The Morgan fingerprint density at radius 1 is 1.50 bits per heavy atom. The van der Waals surface area contributed by atoms with Crippen molar-refractivity contribution in [1.82, 2.24) is 0 Å². The van der Waals surface area contributed by atoms with E-state index in [0.717, 1.165) is 13.0 Å². The summed E-state index contributed by atoms with van der Waals surface area (Å²) in [5, 5.41) is 8.66. The van der Waals surface area contributed by atoms with Crippen LogP contribution >= 0.6 is 0 Å². The molecule has 80 valence electrons. The predicted octanol–water partition coefficient (Wildman–Crippen LogP) is 3.01. The van der Waals surface area contributed by atoms with Crippen molar-refractivity contribution in [2.75, 3.05) is 0 Å². The number of hydrogen-bond acceptors (Lipinski definition) is 1. The molecular formula is C10H14F2O2. The van der Waals surface area contributed by atoms with Crippen LogP contribution in [0.4, 0.5) is 8.78 Å². The Balaban J connectivity index is 4.93. The maximum absolute atomic E-state index is 12.7. The number of hydrogen-bond donors (Lipinski definition) is 1. The molecule has 14 heavy (non-hydrogen) atoms. The second kappa shape index (κ2) is 4.88. The third kappa shape index (κ3) is 4.16. The summed E-state index contributed by atoms with van der Waals surface area (Å²) in [4.78, 5) is 10.6. The van der Waals surface area contributed by atoms with Crippen LogP contribution in [0.5, 0.6) is 0 Å². The Bertz CT molecular complexity index is 272. The molecule has 0 aromatic heterocycles. The lowest BCUT2D eigenvalue weighted by Crippen LogP contribution is -2.12. The molecule has 0 amide bonds. The van der Waals surface area contributed by atoms with Crippen molar-refractivity contribution in [2.24, 2.45) is 0 Å². The molecule has 0 rings (SSSR count). The highest BCUT2D eigenvalue weighted by atomic mass is 19.3. The van der Waals surface area contributed by atoms with Gasteiger partial charge >= 0.3 is 5.97 Å². The Morgan fingerprint density at radius 3 is 2.29 bits per heavy atom. The van der Waals surface area contributed by atoms with Crippen molar-refractivity contribution in [3.8, 4) is 0 Å². The minimum Gasteiger partial charge on any atom is -0.478 e. The average Bonchev–Trinajstić information content (AvgIpc) is 2.01. The van der Waals surface area contributed by atoms with E-state index in [4.69, 9.17) is 5.11 Å². The fraction of sp³-hybridized carbons (Fsp3) is 0.500. The topological polar surface area (TPSA) is 37.3 Å². The fourth-order valence-electron chi connectivity index (χ4n) is 0.788. The molecule has 0 spiro atoms. The minimum absolute atomic E-state index is 0.0912. The van der Waals surface area contributed by atoms with E-state index in [1.165, 1.54) is 13.0 Å². The molecule has 0 aromatic carbocycles. The lowest BCUT2D eigenvalue weighted by atomic mass is 10.1. The number of carbonyl (C=O) groups is 1. The molecule has 0 radical (unpaired) electrons. The van der Waals surface area contributed by atoms with Gasteiger partial charge in [0, 0.05) is 6.92 Å². The molecule has 4 heteroatoms. The quantitative estimate of drug-likeness (QED) is 0.564. The van der Waals surface area contributed by atoms with Gasteiger partial charge in [0.2, 0.25) is 0 Å². The smallest absolute Gasteiger partial charge is 0.335 e. The molecule has 1 N–H and O–H groups in total. The molecule has 0 heterocycles. The van der Waals surface area contributed by atoms with E-state index in [1.54, 1.807) is 6.92 Å². The summed E-state index contributed by atoms with van der Waals surface area (Å²) in [6, 6.07) is 0. The molecule has 0 aliphatic heterocycles. The summed E-state index contributed by atoms with van der Waals surface area (Å²) < 4.78 is 25.4. The van der Waals surface area contributed by atoms with Gasteiger partial charge in [0.15, 0.2) is 0 Å². The van der Waals surface area contributed by atoms with Crippen LogP contribution in [0.25, 0.3) is 0 Å². The summed E-state index contributed by atoms with van der Waals surface area (Å²) in [5.41, 5.74) is -0.342. The van der Waals surface area contributed by atoms with E-state index in [0.29, 0.717) is 6.42 Å². The van der Waals surface area contributed by atoms with Crippen LogP contribution < -0.4 is 0 Å². The van der Waals surface area contributed by atoms with Gasteiger partial charge in [-0.25, -0.2) is 13.6 Å². The van der Waals surface area contributed by atoms with E-state index in [9.17, 15) is 13.6 Å². The number of carboxylic acid groups (broad SMARTS) is 1. The fourth-order valence-corrected chi connectivity index (χ4v) is 0.788. The lowest BCUT2D eigenvalue weighted by molar-refractivity contribution is -0.132. The molecule has 0 aliphatic carbocycles. The van der Waals surface area contributed by atoms with E-state index in [-0.39, 0.29) is 11.1 Å². The second-order valence-corrected chi connectivity index (χ2v) is 3.09. The number of allylic oxidation sites excluding steroid dienone is 2. The zero-order valence-electron chi connectivity index (χ0n) is 8.47. The summed E-state index contributed by atoms with van der Waals surface area (Å²) >= 11 is 0. The highest BCUT2D eigenvalue weighted by Gasteiger charge is 2.24. The SMILES string of the molecule is CC/C=C(\C=C(/C)C(C)(F)F)C(=O)O. The summed E-state index contributed by atoms with van der Waals surface area (Å²) in [6.45, 7) is 3.70. The van der Waals surface area contributed by atoms with Gasteiger partial charge in [0.05, 0.1) is 5.57 Å². The van der Waals surface area contributed by atoms with Crippen LogP contribution in [-0.4, -0.2) is 17.0 Å². The Kier molecular flexibility index (Phi) is 4.47. The number of carboxylic acids is 1. The number of alkyl halides is 2. The molecule has 0 aromatic rings. The first-order valence-electron chi connectivity index (χ1n) is 4.29. The third-order valence-corrected chi connectivity index (χ3v) is 1.74. The molecule has 0 atom stereocenters. The molecule has 0 saturated carbocycles. The summed E-state index contributed by atoms with van der Waals surface area (Å²) in [7, 11) is 0. The van der Waals surface area contributed by atoms with Crippen LogP contribution in [0.1, 0.15) is 27.2 Å². The lowest BCUT2D eigenvalue weighted by Gasteiger charge is -2.10. The van der Waals surface area contributed by atoms with Crippen molar-refractivity contribution in [1.29, 1.82) is 0 Å². The Hall–Kier alpha value is -1.19. The van der Waals surface area contributed by atoms with Crippen LogP contribution in [0.3, 0.4) is 0 Å². The van der Waals surface area contributed by atoms with Gasteiger partial charge in [-0.15, -0.1) is 0 Å². The van der Waals surface area contributed by atoms with Crippen molar-refractivity contribution in [3.05, 3.63) is 23.3 Å². The van der Waals surface area contributed by atoms with Gasteiger partial charge in [-0.05, 0) is 25.0 Å². The van der Waals surface area contributed by atoms with Gasteiger partial charge in [-0.1, -0.05) is 13.0 Å². The molecule has 0 bridgehead atoms. The largest absolute Gasteiger partial charge is 0.478 e. The molecular weight excluding hydrogens is 190 g/mol. The highest BCUT2D eigenvalue weighted by Crippen LogP contribution is 2.23. The van der Waals surface area contributed by atoms with Gasteiger partial charge in [-0.3, -0.25) is 0 Å². The van der Waals surface area contributed by atoms with Crippen LogP contribution in [0, 0.1) is 0 Å². The maximum atomic E-state index is 12.7. The first-order valence-corrected chi connectivity index (χ1v) is 4.29. The number of aliphatic carboxylic acids is 1. The van der Waals surface area contributed by atoms with Crippen molar-refractivity contribution < 1.29 is 18.7 Å². The van der Waals surface area contributed by atoms with E-state index in [1.807, 2.05) is 0 Å². The summed E-state index contributed by atoms with van der Waals surface area (Å²) in [5.74, 6) is -4.15. The van der Waals surface area contributed by atoms with Crippen molar-refractivity contribution in [2.45, 2.75) is 33.1 Å². The molecule has 0 aliphatic rings. The van der Waals surface area contributed by atoms with Crippen molar-refractivity contribution >= 4 is 5.97 Å². The number of halogens is 2. The molecule has 2 nitrogen and oxygen atoms in total.